The van der Waals surface area contributed by atoms with Crippen LogP contribution in [0.5, 0.6) is 0 Å². The summed E-state index contributed by atoms with van der Waals surface area (Å²) in [6.45, 7) is -1.11. The Balaban J connectivity index is 2.08. The molecule has 6 nitrogen and oxygen atoms in total. The summed E-state index contributed by atoms with van der Waals surface area (Å²) in [6, 6.07) is 0.956. The lowest BCUT2D eigenvalue weighted by molar-refractivity contribution is 0.00398. The van der Waals surface area contributed by atoms with E-state index >= 15 is 0 Å². The zero-order valence-corrected chi connectivity index (χ0v) is 12.1. The van der Waals surface area contributed by atoms with Crippen molar-refractivity contribution < 1.29 is 13.5 Å². The number of hydrogen-bond donors (Lipinski definition) is 3. The number of hydrogen-bond acceptors (Lipinski definition) is 6. The molecule has 0 radical (unpaired) electrons. The van der Waals surface area contributed by atoms with Crippen LogP contribution in [-0.2, 0) is 4.74 Å². The number of aromatic nitrogens is 2. The highest BCUT2D eigenvalue weighted by molar-refractivity contribution is 6.30. The second-order valence-corrected chi connectivity index (χ2v) is 5.40. The molecule has 2 rings (SSSR count). The molecule has 9 heteroatoms. The first-order valence-corrected chi connectivity index (χ1v) is 7.00. The molecule has 1 aromatic heterocycles. The molecule has 1 aliphatic carbocycles. The van der Waals surface area contributed by atoms with E-state index in [1.54, 1.807) is 0 Å². The lowest BCUT2D eigenvalue weighted by Crippen LogP contribution is -2.41. The number of nitrogens with zero attached hydrogens (tertiary/aromatic N) is 2. The van der Waals surface area contributed by atoms with Crippen LogP contribution in [0, 0.1) is 0 Å². The molecule has 5 N–H and O–H groups in total. The van der Waals surface area contributed by atoms with Gasteiger partial charge in [0.1, 0.15) is 5.82 Å². The van der Waals surface area contributed by atoms with Crippen molar-refractivity contribution in [2.75, 3.05) is 25.4 Å². The van der Waals surface area contributed by atoms with E-state index in [1.165, 1.54) is 6.07 Å². The van der Waals surface area contributed by atoms with Crippen molar-refractivity contribution in [2.24, 2.45) is 5.73 Å². The second-order valence-electron chi connectivity index (χ2n) is 5.04. The van der Waals surface area contributed by atoms with E-state index in [0.29, 0.717) is 5.56 Å². The van der Waals surface area contributed by atoms with Gasteiger partial charge in [-0.3, -0.25) is 0 Å². The van der Waals surface area contributed by atoms with Gasteiger partial charge in [-0.2, -0.15) is 0 Å². The first-order chi connectivity index (χ1) is 9.91. The van der Waals surface area contributed by atoms with E-state index in [4.69, 9.17) is 27.8 Å². The summed E-state index contributed by atoms with van der Waals surface area (Å²) in [5, 5.41) is 10.1. The molecule has 1 heterocycles. The summed E-state index contributed by atoms with van der Waals surface area (Å²) in [6.07, 6.45) is 2.15. The molecule has 0 amide bonds. The maximum Gasteiger partial charge on any atom is 0.272 e. The third kappa shape index (κ3) is 4.99. The largest absolute Gasteiger partial charge is 0.382 e. The molecule has 1 aliphatic rings. The Bertz CT molecular complexity index is 487. The van der Waals surface area contributed by atoms with Gasteiger partial charge in [-0.1, -0.05) is 11.6 Å². The maximum absolute atomic E-state index is 13.3. The van der Waals surface area contributed by atoms with Gasteiger partial charge < -0.3 is 21.5 Å². The number of nitrogens with one attached hydrogen (secondary N) is 1. The van der Waals surface area contributed by atoms with Gasteiger partial charge in [-0.15, -0.1) is 10.2 Å². The van der Waals surface area contributed by atoms with Crippen LogP contribution in [-0.4, -0.2) is 41.9 Å². The minimum absolute atomic E-state index is 0.108. The molecule has 0 spiro atoms. The summed E-state index contributed by atoms with van der Waals surface area (Å²) in [5.74, 6) is -2.84. The molecule has 0 aliphatic heterocycles. The van der Waals surface area contributed by atoms with Crippen LogP contribution in [0.3, 0.4) is 0 Å². The highest BCUT2D eigenvalue weighted by atomic mass is 35.5. The van der Waals surface area contributed by atoms with Gasteiger partial charge in [0, 0.05) is 5.56 Å². The van der Waals surface area contributed by atoms with Crippen molar-refractivity contribution >= 4 is 17.4 Å². The van der Waals surface area contributed by atoms with Gasteiger partial charge in [-0.05, 0) is 18.9 Å². The Morgan fingerprint density at radius 1 is 1.48 bits per heavy atom. The van der Waals surface area contributed by atoms with Crippen molar-refractivity contribution in [2.45, 2.75) is 30.9 Å². The van der Waals surface area contributed by atoms with Gasteiger partial charge in [0.15, 0.2) is 5.15 Å². The quantitative estimate of drug-likeness (QED) is 0.663. The van der Waals surface area contributed by atoms with Crippen molar-refractivity contribution in [3.8, 4) is 0 Å². The molecule has 1 fully saturated rings. The fourth-order valence-corrected chi connectivity index (χ4v) is 1.95. The number of alkyl halides is 2. The summed E-state index contributed by atoms with van der Waals surface area (Å²) in [7, 11) is 0. The molecule has 0 aromatic carbocycles. The fraction of sp³-hybridized carbons (Fsp3) is 0.667. The van der Waals surface area contributed by atoms with Gasteiger partial charge in [-0.25, -0.2) is 8.78 Å². The van der Waals surface area contributed by atoms with Crippen LogP contribution >= 0.6 is 11.6 Å². The standard InChI is InChI=1S/C12H18ClF2N5O/c13-11-8(3-10(17)19-20-11)9(4-21-7-1-2-7)18-6-12(14,15)5-16/h3,7,9,18H,1-2,4-6,16H2,(H2,17,19)/t9-/m1/s1. The van der Waals surface area contributed by atoms with Crippen molar-refractivity contribution in [1.29, 1.82) is 0 Å². The van der Waals surface area contributed by atoms with Gasteiger partial charge in [0.25, 0.3) is 5.92 Å². The lowest BCUT2D eigenvalue weighted by Gasteiger charge is -2.23. The number of rotatable bonds is 8. The predicted molar refractivity (Wildman–Crippen MR) is 75.2 cm³/mol. The average molecular weight is 322 g/mol. The maximum atomic E-state index is 13.3. The van der Waals surface area contributed by atoms with Crippen LogP contribution < -0.4 is 16.8 Å². The van der Waals surface area contributed by atoms with E-state index < -0.39 is 25.1 Å². The molecule has 0 unspecified atom stereocenters. The Morgan fingerprint density at radius 2 is 2.19 bits per heavy atom. The number of anilines is 1. The fourth-order valence-electron chi connectivity index (χ4n) is 1.72. The highest BCUT2D eigenvalue weighted by Gasteiger charge is 2.30. The van der Waals surface area contributed by atoms with Crippen molar-refractivity contribution in [3.05, 3.63) is 16.8 Å². The number of nitrogens with two attached hydrogens (primary N) is 2. The first-order valence-electron chi connectivity index (χ1n) is 6.63. The zero-order valence-electron chi connectivity index (χ0n) is 11.4. The molecule has 0 saturated heterocycles. The van der Waals surface area contributed by atoms with Crippen LogP contribution in [0.2, 0.25) is 5.15 Å². The average Bonchev–Trinajstić information content (AvgIpc) is 3.26. The van der Waals surface area contributed by atoms with Gasteiger partial charge in [0.2, 0.25) is 0 Å². The number of ether oxygens (including phenoxy) is 1. The van der Waals surface area contributed by atoms with Gasteiger partial charge in [0.05, 0.1) is 31.8 Å². The van der Waals surface area contributed by atoms with Crippen molar-refractivity contribution in [3.63, 3.8) is 0 Å². The number of halogens is 3. The smallest absolute Gasteiger partial charge is 0.272 e. The normalized spacial score (nSPS) is 17.0. The van der Waals surface area contributed by atoms with E-state index in [0.717, 1.165) is 12.8 Å². The van der Waals surface area contributed by atoms with E-state index in [1.807, 2.05) is 0 Å². The Morgan fingerprint density at radius 3 is 2.81 bits per heavy atom. The summed E-state index contributed by atoms with van der Waals surface area (Å²) >= 11 is 5.97. The molecule has 21 heavy (non-hydrogen) atoms. The molecule has 1 saturated carbocycles. The van der Waals surface area contributed by atoms with E-state index in [-0.39, 0.29) is 23.7 Å². The highest BCUT2D eigenvalue weighted by Crippen LogP contribution is 2.28. The Kier molecular flexibility index (Phi) is 5.26. The molecule has 1 atom stereocenters. The molecular formula is C12H18ClF2N5O. The zero-order chi connectivity index (χ0) is 15.5. The minimum Gasteiger partial charge on any atom is -0.382 e. The molecule has 118 valence electrons. The molecular weight excluding hydrogens is 304 g/mol. The summed E-state index contributed by atoms with van der Waals surface area (Å²) in [5.41, 5.74) is 11.1. The molecule has 0 bridgehead atoms. The predicted octanol–water partition coefficient (Wildman–Crippen LogP) is 1.12. The molecule has 1 aromatic rings. The Labute approximate surface area is 126 Å². The van der Waals surface area contributed by atoms with Crippen LogP contribution in [0.25, 0.3) is 0 Å². The van der Waals surface area contributed by atoms with Crippen LogP contribution in [0.4, 0.5) is 14.6 Å². The Hall–Kier alpha value is -1.09. The van der Waals surface area contributed by atoms with Crippen LogP contribution in [0.1, 0.15) is 24.4 Å². The third-order valence-electron chi connectivity index (χ3n) is 3.10. The number of nitrogen functional groups attached to an aromatic ring is 1. The van der Waals surface area contributed by atoms with E-state index in [2.05, 4.69) is 15.5 Å². The van der Waals surface area contributed by atoms with Gasteiger partial charge >= 0.3 is 0 Å². The second kappa shape index (κ2) is 6.78. The first kappa shape index (κ1) is 16.3. The van der Waals surface area contributed by atoms with Crippen molar-refractivity contribution in [1.82, 2.24) is 15.5 Å². The monoisotopic (exact) mass is 321 g/mol. The summed E-state index contributed by atoms with van der Waals surface area (Å²) in [4.78, 5) is 0. The SMILES string of the molecule is NCC(F)(F)CN[C@H](COC1CC1)c1cc(N)nnc1Cl. The summed E-state index contributed by atoms with van der Waals surface area (Å²) < 4.78 is 32.2. The lowest BCUT2D eigenvalue weighted by atomic mass is 10.1. The van der Waals surface area contributed by atoms with E-state index in [9.17, 15) is 8.78 Å². The minimum atomic E-state index is -3.00. The van der Waals surface area contributed by atoms with Crippen LogP contribution in [0.15, 0.2) is 6.07 Å². The topological polar surface area (TPSA) is 99.1 Å². The third-order valence-corrected chi connectivity index (χ3v) is 3.39.